The number of amides is 1. The van der Waals surface area contributed by atoms with Crippen LogP contribution >= 0.6 is 11.8 Å². The molecule has 0 aliphatic rings. The van der Waals surface area contributed by atoms with E-state index in [9.17, 15) is 14.3 Å². The third-order valence-corrected chi connectivity index (χ3v) is 4.68. The molecule has 21 heavy (non-hydrogen) atoms. The van der Waals surface area contributed by atoms with Crippen LogP contribution in [0.5, 0.6) is 0 Å². The lowest BCUT2D eigenvalue weighted by molar-refractivity contribution is 0.0937. The van der Waals surface area contributed by atoms with Crippen molar-refractivity contribution in [3.8, 4) is 0 Å². The highest BCUT2D eigenvalue weighted by Gasteiger charge is 2.19. The summed E-state index contributed by atoms with van der Waals surface area (Å²) in [5, 5.41) is 13.1. The molecule has 2 N–H and O–H groups in total. The molecule has 2 rings (SSSR count). The van der Waals surface area contributed by atoms with E-state index < -0.39 is 0 Å². The fourth-order valence-electron chi connectivity index (χ4n) is 2.27. The second-order valence-electron chi connectivity index (χ2n) is 4.86. The lowest BCUT2D eigenvalue weighted by Gasteiger charge is -2.21. The summed E-state index contributed by atoms with van der Waals surface area (Å²) in [5.74, 6) is -0.598. The third-order valence-electron chi connectivity index (χ3n) is 3.51. The van der Waals surface area contributed by atoms with Crippen molar-refractivity contribution in [1.29, 1.82) is 0 Å². The lowest BCUT2D eigenvalue weighted by Crippen LogP contribution is -2.41. The molecule has 0 saturated carbocycles. The van der Waals surface area contributed by atoms with Gasteiger partial charge in [-0.1, -0.05) is 24.3 Å². The molecule has 2 aromatic carbocycles. The Morgan fingerprint density at radius 2 is 1.95 bits per heavy atom. The highest BCUT2D eigenvalue weighted by molar-refractivity contribution is 7.99. The Kier molecular flexibility index (Phi) is 5.20. The molecule has 0 saturated heterocycles. The van der Waals surface area contributed by atoms with Gasteiger partial charge in [-0.25, -0.2) is 4.39 Å². The average Bonchev–Trinajstić information content (AvgIpc) is 2.49. The quantitative estimate of drug-likeness (QED) is 0.893. The van der Waals surface area contributed by atoms with Gasteiger partial charge in [0.2, 0.25) is 0 Å². The number of hydrogen-bond donors (Lipinski definition) is 2. The zero-order valence-electron chi connectivity index (χ0n) is 12.0. The summed E-state index contributed by atoms with van der Waals surface area (Å²) in [5.41, 5.74) is 0.441. The SMILES string of the molecule is CSC(CO)C(C)NC(=O)c1ccc(F)c2ccccc12. The average molecular weight is 307 g/mol. The van der Waals surface area contributed by atoms with Gasteiger partial charge in [0, 0.05) is 22.2 Å². The number of carbonyl (C=O) groups is 1. The zero-order chi connectivity index (χ0) is 15.4. The number of hydrogen-bond acceptors (Lipinski definition) is 3. The molecule has 2 aromatic rings. The van der Waals surface area contributed by atoms with Gasteiger partial charge < -0.3 is 10.4 Å². The summed E-state index contributed by atoms with van der Waals surface area (Å²) < 4.78 is 13.8. The van der Waals surface area contributed by atoms with Crippen LogP contribution in [0.4, 0.5) is 4.39 Å². The van der Waals surface area contributed by atoms with Crippen molar-refractivity contribution >= 4 is 28.4 Å². The molecular weight excluding hydrogens is 289 g/mol. The van der Waals surface area contributed by atoms with Crippen molar-refractivity contribution in [3.63, 3.8) is 0 Å². The highest BCUT2D eigenvalue weighted by atomic mass is 32.2. The van der Waals surface area contributed by atoms with Gasteiger partial charge in [-0.3, -0.25) is 4.79 Å². The number of rotatable bonds is 5. The summed E-state index contributed by atoms with van der Waals surface area (Å²) in [4.78, 5) is 12.4. The Balaban J connectivity index is 2.30. The molecule has 0 aromatic heterocycles. The van der Waals surface area contributed by atoms with Crippen LogP contribution < -0.4 is 5.32 Å². The number of halogens is 1. The zero-order valence-corrected chi connectivity index (χ0v) is 12.8. The number of thioether (sulfide) groups is 1. The predicted octanol–water partition coefficient (Wildman–Crippen LogP) is 2.82. The first-order chi connectivity index (χ1) is 10.1. The van der Waals surface area contributed by atoms with Crippen molar-refractivity contribution < 1.29 is 14.3 Å². The van der Waals surface area contributed by atoms with Crippen LogP contribution in [0.25, 0.3) is 10.8 Å². The summed E-state index contributed by atoms with van der Waals surface area (Å²) in [6.07, 6.45) is 1.89. The van der Waals surface area contributed by atoms with Crippen molar-refractivity contribution in [2.24, 2.45) is 0 Å². The number of benzene rings is 2. The second kappa shape index (κ2) is 6.91. The lowest BCUT2D eigenvalue weighted by atomic mass is 10.0. The molecule has 1 amide bonds. The van der Waals surface area contributed by atoms with E-state index in [4.69, 9.17) is 0 Å². The van der Waals surface area contributed by atoms with E-state index in [1.165, 1.54) is 23.9 Å². The molecule has 112 valence electrons. The predicted molar refractivity (Wildman–Crippen MR) is 85.2 cm³/mol. The van der Waals surface area contributed by atoms with Crippen molar-refractivity contribution in [3.05, 3.63) is 47.8 Å². The van der Waals surface area contributed by atoms with E-state index in [-0.39, 0.29) is 29.6 Å². The molecule has 2 atom stereocenters. The topological polar surface area (TPSA) is 49.3 Å². The van der Waals surface area contributed by atoms with Gasteiger partial charge in [-0.05, 0) is 30.7 Å². The van der Waals surface area contributed by atoms with Crippen molar-refractivity contribution in [2.75, 3.05) is 12.9 Å². The van der Waals surface area contributed by atoms with Crippen LogP contribution in [0.3, 0.4) is 0 Å². The van der Waals surface area contributed by atoms with Crippen LogP contribution in [0, 0.1) is 5.82 Å². The number of fused-ring (bicyclic) bond motifs is 1. The number of aliphatic hydroxyl groups excluding tert-OH is 1. The maximum absolute atomic E-state index is 13.8. The fourth-order valence-corrected chi connectivity index (χ4v) is 2.90. The molecule has 0 aliphatic carbocycles. The van der Waals surface area contributed by atoms with E-state index in [2.05, 4.69) is 5.32 Å². The van der Waals surface area contributed by atoms with E-state index in [1.54, 1.807) is 24.3 Å². The maximum Gasteiger partial charge on any atom is 0.252 e. The van der Waals surface area contributed by atoms with Crippen molar-refractivity contribution in [1.82, 2.24) is 5.32 Å². The van der Waals surface area contributed by atoms with Gasteiger partial charge in [0.15, 0.2) is 0 Å². The number of carbonyl (C=O) groups excluding carboxylic acids is 1. The first kappa shape index (κ1) is 15.8. The maximum atomic E-state index is 13.8. The summed E-state index contributed by atoms with van der Waals surface area (Å²) in [6, 6.07) is 9.53. The Morgan fingerprint density at radius 1 is 1.29 bits per heavy atom. The smallest absolute Gasteiger partial charge is 0.252 e. The van der Waals surface area contributed by atoms with E-state index >= 15 is 0 Å². The standard InChI is InChI=1S/C16H18FNO2S/c1-10(15(9-19)21-2)18-16(20)13-7-8-14(17)12-6-4-3-5-11(12)13/h3-8,10,15,19H,9H2,1-2H3,(H,18,20). The molecule has 2 unspecified atom stereocenters. The van der Waals surface area contributed by atoms with Crippen molar-refractivity contribution in [2.45, 2.75) is 18.2 Å². The van der Waals surface area contributed by atoms with Gasteiger partial charge in [-0.15, -0.1) is 0 Å². The molecule has 0 bridgehead atoms. The van der Waals surface area contributed by atoms with E-state index in [0.29, 0.717) is 16.3 Å². The first-order valence-electron chi connectivity index (χ1n) is 6.70. The molecule has 3 nitrogen and oxygen atoms in total. The minimum atomic E-state index is -0.340. The van der Waals surface area contributed by atoms with Gasteiger partial charge in [0.25, 0.3) is 5.91 Å². The summed E-state index contributed by atoms with van der Waals surface area (Å²) >= 11 is 1.50. The largest absolute Gasteiger partial charge is 0.395 e. The van der Waals surface area contributed by atoms with Gasteiger partial charge in [0.1, 0.15) is 5.82 Å². The van der Waals surface area contributed by atoms with Gasteiger partial charge in [-0.2, -0.15) is 11.8 Å². The number of aliphatic hydroxyl groups is 1. The Morgan fingerprint density at radius 3 is 2.57 bits per heavy atom. The monoisotopic (exact) mass is 307 g/mol. The number of nitrogens with one attached hydrogen (secondary N) is 1. The van der Waals surface area contributed by atoms with Crippen LogP contribution in [0.2, 0.25) is 0 Å². The summed E-state index contributed by atoms with van der Waals surface area (Å²) in [6.45, 7) is 1.84. The Hall–Kier alpha value is -1.59. The highest BCUT2D eigenvalue weighted by Crippen LogP contribution is 2.22. The summed E-state index contributed by atoms with van der Waals surface area (Å²) in [7, 11) is 0. The van der Waals surface area contributed by atoms with Gasteiger partial charge >= 0.3 is 0 Å². The molecule has 0 heterocycles. The van der Waals surface area contributed by atoms with E-state index in [0.717, 1.165) is 0 Å². The van der Waals surface area contributed by atoms with Crippen LogP contribution in [-0.4, -0.2) is 35.2 Å². The normalized spacial score (nSPS) is 13.9. The molecule has 0 fully saturated rings. The molecule has 0 radical (unpaired) electrons. The second-order valence-corrected chi connectivity index (χ2v) is 5.94. The van der Waals surface area contributed by atoms with Gasteiger partial charge in [0.05, 0.1) is 6.61 Å². The van der Waals surface area contributed by atoms with Crippen LogP contribution in [-0.2, 0) is 0 Å². The molecular formula is C16H18FNO2S. The van der Waals surface area contributed by atoms with E-state index in [1.807, 2.05) is 13.2 Å². The molecule has 0 aliphatic heterocycles. The molecule has 0 spiro atoms. The first-order valence-corrected chi connectivity index (χ1v) is 7.99. The van der Waals surface area contributed by atoms with Crippen LogP contribution in [0.15, 0.2) is 36.4 Å². The fraction of sp³-hybridized carbons (Fsp3) is 0.312. The minimum Gasteiger partial charge on any atom is -0.395 e. The minimum absolute atomic E-state index is 0.00716. The molecule has 5 heteroatoms. The Bertz CT molecular complexity index is 643. The Labute approximate surface area is 127 Å². The third kappa shape index (κ3) is 3.36. The van der Waals surface area contributed by atoms with Crippen LogP contribution in [0.1, 0.15) is 17.3 Å².